The monoisotopic (exact) mass is 375 g/mol. The Morgan fingerprint density at radius 2 is 1.95 bits per heavy atom. The molecule has 0 saturated carbocycles. The van der Waals surface area contributed by atoms with Crippen LogP contribution in [0.15, 0.2) is 46.9 Å². The molecule has 6 heteroatoms. The molecule has 0 bridgehead atoms. The second-order valence-electron chi connectivity index (χ2n) is 4.44. The van der Waals surface area contributed by atoms with Crippen molar-refractivity contribution in [3.63, 3.8) is 0 Å². The lowest BCUT2D eigenvalue weighted by molar-refractivity contribution is -0.0498. The second-order valence-corrected chi connectivity index (χ2v) is 5.76. The predicted molar refractivity (Wildman–Crippen MR) is 84.3 cm³/mol. The minimum Gasteiger partial charge on any atom is -0.435 e. The van der Waals surface area contributed by atoms with E-state index in [4.69, 9.17) is 11.6 Å². The molecule has 0 aliphatic heterocycles. The number of anilines is 1. The fraction of sp³-hybridized carbons (Fsp3) is 0.200. The van der Waals surface area contributed by atoms with E-state index in [1.165, 1.54) is 12.1 Å². The van der Waals surface area contributed by atoms with E-state index >= 15 is 0 Å². The van der Waals surface area contributed by atoms with E-state index in [1.807, 2.05) is 25.1 Å². The second kappa shape index (κ2) is 7.09. The molecule has 2 aromatic rings. The van der Waals surface area contributed by atoms with Crippen molar-refractivity contribution < 1.29 is 13.5 Å². The van der Waals surface area contributed by atoms with Crippen LogP contribution in [0.1, 0.15) is 18.5 Å². The zero-order valence-corrected chi connectivity index (χ0v) is 13.5. The summed E-state index contributed by atoms with van der Waals surface area (Å²) in [5.41, 5.74) is 1.60. The van der Waals surface area contributed by atoms with E-state index in [9.17, 15) is 8.78 Å². The van der Waals surface area contributed by atoms with E-state index < -0.39 is 6.61 Å². The summed E-state index contributed by atoms with van der Waals surface area (Å²) in [5, 5.41) is 3.84. The fourth-order valence-electron chi connectivity index (χ4n) is 1.94. The molecule has 21 heavy (non-hydrogen) atoms. The highest BCUT2D eigenvalue weighted by Gasteiger charge is 2.11. The van der Waals surface area contributed by atoms with Crippen LogP contribution >= 0.6 is 27.5 Å². The Kier molecular flexibility index (Phi) is 5.42. The predicted octanol–water partition coefficient (Wildman–Crippen LogP) is 5.88. The third-order valence-electron chi connectivity index (χ3n) is 2.87. The molecule has 0 saturated heterocycles. The summed E-state index contributed by atoms with van der Waals surface area (Å²) in [7, 11) is 0. The van der Waals surface area contributed by atoms with Crippen LogP contribution in [0.4, 0.5) is 14.5 Å². The standard InChI is InChI=1S/C15H13BrClF2NO/c1-9(13-6-5-10(16)7-14(13)17)20-11-3-2-4-12(8-11)21-15(18)19/h2-9,15,20H,1H3. The van der Waals surface area contributed by atoms with Gasteiger partial charge in [0.05, 0.1) is 0 Å². The van der Waals surface area contributed by atoms with Crippen molar-refractivity contribution in [2.45, 2.75) is 19.6 Å². The van der Waals surface area contributed by atoms with Crippen LogP contribution in [-0.2, 0) is 0 Å². The normalized spacial score (nSPS) is 12.3. The quantitative estimate of drug-likeness (QED) is 0.704. The number of hydrogen-bond donors (Lipinski definition) is 1. The van der Waals surface area contributed by atoms with Gasteiger partial charge in [0, 0.05) is 27.3 Å². The number of benzene rings is 2. The molecule has 2 aromatic carbocycles. The van der Waals surface area contributed by atoms with Gasteiger partial charge in [-0.1, -0.05) is 39.7 Å². The average Bonchev–Trinajstić information content (AvgIpc) is 2.37. The molecule has 1 unspecified atom stereocenters. The molecule has 2 rings (SSSR count). The van der Waals surface area contributed by atoms with Crippen LogP contribution in [-0.4, -0.2) is 6.61 Å². The maximum atomic E-state index is 12.2. The van der Waals surface area contributed by atoms with Crippen molar-refractivity contribution in [1.82, 2.24) is 0 Å². The Morgan fingerprint density at radius 3 is 2.62 bits per heavy atom. The van der Waals surface area contributed by atoms with Gasteiger partial charge in [-0.05, 0) is 36.8 Å². The van der Waals surface area contributed by atoms with E-state index in [0.717, 1.165) is 10.0 Å². The highest BCUT2D eigenvalue weighted by molar-refractivity contribution is 9.10. The van der Waals surface area contributed by atoms with Gasteiger partial charge in [-0.15, -0.1) is 0 Å². The molecule has 0 fully saturated rings. The zero-order valence-electron chi connectivity index (χ0n) is 11.1. The molecule has 112 valence electrons. The van der Waals surface area contributed by atoms with Crippen LogP contribution in [0, 0.1) is 0 Å². The lowest BCUT2D eigenvalue weighted by atomic mass is 10.1. The van der Waals surface area contributed by atoms with Gasteiger partial charge >= 0.3 is 6.61 Å². The number of nitrogens with one attached hydrogen (secondary N) is 1. The molecule has 0 aromatic heterocycles. The molecule has 0 aliphatic carbocycles. The molecular weight excluding hydrogens is 364 g/mol. The van der Waals surface area contributed by atoms with Gasteiger partial charge in [0.2, 0.25) is 0 Å². The van der Waals surface area contributed by atoms with Crippen molar-refractivity contribution in [2.24, 2.45) is 0 Å². The first-order valence-corrected chi connectivity index (χ1v) is 7.39. The molecule has 1 N–H and O–H groups in total. The maximum absolute atomic E-state index is 12.2. The summed E-state index contributed by atoms with van der Waals surface area (Å²) in [5.74, 6) is 0.115. The highest BCUT2D eigenvalue weighted by atomic mass is 79.9. The van der Waals surface area contributed by atoms with Gasteiger partial charge in [-0.2, -0.15) is 8.78 Å². The molecule has 0 radical (unpaired) electrons. The summed E-state index contributed by atoms with van der Waals surface area (Å²) in [4.78, 5) is 0. The lowest BCUT2D eigenvalue weighted by Crippen LogP contribution is -2.08. The maximum Gasteiger partial charge on any atom is 0.387 e. The molecular formula is C15H13BrClF2NO. The van der Waals surface area contributed by atoms with Gasteiger partial charge in [-0.3, -0.25) is 0 Å². The van der Waals surface area contributed by atoms with E-state index in [1.54, 1.807) is 12.1 Å². The van der Waals surface area contributed by atoms with Crippen LogP contribution in [0.5, 0.6) is 5.75 Å². The van der Waals surface area contributed by atoms with Gasteiger partial charge in [0.1, 0.15) is 5.75 Å². The largest absolute Gasteiger partial charge is 0.435 e. The van der Waals surface area contributed by atoms with Crippen molar-refractivity contribution in [2.75, 3.05) is 5.32 Å². The Labute approximate surface area is 135 Å². The first-order chi connectivity index (χ1) is 9.95. The summed E-state index contributed by atoms with van der Waals surface area (Å²) in [6.45, 7) is -0.894. The van der Waals surface area contributed by atoms with Crippen LogP contribution < -0.4 is 10.1 Å². The van der Waals surface area contributed by atoms with E-state index in [-0.39, 0.29) is 11.8 Å². The first kappa shape index (κ1) is 16.0. The average molecular weight is 377 g/mol. The molecule has 1 atom stereocenters. The number of hydrogen-bond acceptors (Lipinski definition) is 2. The molecule has 0 amide bonds. The summed E-state index contributed by atoms with van der Waals surface area (Å²) in [6, 6.07) is 12.0. The highest BCUT2D eigenvalue weighted by Crippen LogP contribution is 2.29. The lowest BCUT2D eigenvalue weighted by Gasteiger charge is -2.18. The molecule has 0 aliphatic rings. The number of ether oxygens (including phenoxy) is 1. The smallest absolute Gasteiger partial charge is 0.387 e. The fourth-order valence-corrected chi connectivity index (χ4v) is 2.78. The number of alkyl halides is 2. The third-order valence-corrected chi connectivity index (χ3v) is 3.69. The van der Waals surface area contributed by atoms with Crippen molar-refractivity contribution in [3.8, 4) is 5.75 Å². The van der Waals surface area contributed by atoms with Gasteiger partial charge in [0.15, 0.2) is 0 Å². The van der Waals surface area contributed by atoms with Crippen LogP contribution in [0.3, 0.4) is 0 Å². The Hall–Kier alpha value is -1.33. The van der Waals surface area contributed by atoms with Crippen LogP contribution in [0.2, 0.25) is 5.02 Å². The molecule has 0 heterocycles. The summed E-state index contributed by atoms with van der Waals surface area (Å²) >= 11 is 9.55. The number of halogens is 4. The van der Waals surface area contributed by atoms with Crippen molar-refractivity contribution in [1.29, 1.82) is 0 Å². The Balaban J connectivity index is 2.13. The van der Waals surface area contributed by atoms with Gasteiger partial charge in [-0.25, -0.2) is 0 Å². The van der Waals surface area contributed by atoms with Gasteiger partial charge in [0.25, 0.3) is 0 Å². The Bertz CT molecular complexity index is 624. The topological polar surface area (TPSA) is 21.3 Å². The van der Waals surface area contributed by atoms with Crippen LogP contribution in [0.25, 0.3) is 0 Å². The first-order valence-electron chi connectivity index (χ1n) is 6.22. The Morgan fingerprint density at radius 1 is 1.19 bits per heavy atom. The minimum atomic E-state index is -2.83. The minimum absolute atomic E-state index is 0.0765. The summed E-state index contributed by atoms with van der Waals surface area (Å²) in [6.07, 6.45) is 0. The third kappa shape index (κ3) is 4.58. The molecule has 2 nitrogen and oxygen atoms in total. The van der Waals surface area contributed by atoms with E-state index in [2.05, 4.69) is 26.0 Å². The van der Waals surface area contributed by atoms with Gasteiger partial charge < -0.3 is 10.1 Å². The number of rotatable bonds is 5. The SMILES string of the molecule is CC(Nc1cccc(OC(F)F)c1)c1ccc(Br)cc1Cl. The molecule has 0 spiro atoms. The van der Waals surface area contributed by atoms with E-state index in [0.29, 0.717) is 10.7 Å². The summed E-state index contributed by atoms with van der Waals surface area (Å²) < 4.78 is 29.7. The zero-order chi connectivity index (χ0) is 15.4. The van der Waals surface area contributed by atoms with Crippen molar-refractivity contribution in [3.05, 3.63) is 57.5 Å². The van der Waals surface area contributed by atoms with Crippen molar-refractivity contribution >= 4 is 33.2 Å².